The van der Waals surface area contributed by atoms with Crippen molar-refractivity contribution in [1.29, 1.82) is 0 Å². The molecule has 1 saturated heterocycles. The van der Waals surface area contributed by atoms with Gasteiger partial charge in [0.25, 0.3) is 0 Å². The third kappa shape index (κ3) is 4.15. The number of hydrogen-bond acceptors (Lipinski definition) is 3. The van der Waals surface area contributed by atoms with Gasteiger partial charge in [-0.3, -0.25) is 9.59 Å². The lowest BCUT2D eigenvalue weighted by Gasteiger charge is -2.30. The maximum Gasteiger partial charge on any atom is 0.317 e. The Hall–Kier alpha value is -2.57. The van der Waals surface area contributed by atoms with Gasteiger partial charge in [-0.2, -0.15) is 0 Å². The van der Waals surface area contributed by atoms with Crippen LogP contribution in [-0.2, 0) is 16.0 Å². The molecule has 1 fully saturated rings. The number of amides is 3. The van der Waals surface area contributed by atoms with E-state index in [1.807, 2.05) is 29.2 Å². The van der Waals surface area contributed by atoms with Gasteiger partial charge in [-0.15, -0.1) is 0 Å². The van der Waals surface area contributed by atoms with Crippen LogP contribution >= 0.6 is 0 Å². The van der Waals surface area contributed by atoms with E-state index in [1.165, 1.54) is 5.56 Å². The molecular formula is C19H25N3O4. The van der Waals surface area contributed by atoms with Crippen molar-refractivity contribution in [3.63, 3.8) is 0 Å². The smallest absolute Gasteiger partial charge is 0.317 e. The zero-order valence-electron chi connectivity index (χ0n) is 14.8. The highest BCUT2D eigenvalue weighted by atomic mass is 16.4. The summed E-state index contributed by atoms with van der Waals surface area (Å²) < 4.78 is 0. The molecule has 0 aliphatic carbocycles. The Bertz CT molecular complexity index is 691. The molecule has 0 bridgehead atoms. The number of urea groups is 1. The number of hydrogen-bond donors (Lipinski definition) is 2. The molecule has 1 aromatic rings. The molecule has 7 nitrogen and oxygen atoms in total. The third-order valence-corrected chi connectivity index (χ3v) is 5.09. The topological polar surface area (TPSA) is 90.0 Å². The molecule has 7 heteroatoms. The number of para-hydroxylation sites is 1. The Morgan fingerprint density at radius 1 is 1.19 bits per heavy atom. The van der Waals surface area contributed by atoms with E-state index in [0.717, 1.165) is 18.7 Å². The molecule has 3 rings (SSSR count). The number of piperidine rings is 1. The summed E-state index contributed by atoms with van der Waals surface area (Å²) in [5.74, 6) is -1.25. The van der Waals surface area contributed by atoms with Gasteiger partial charge in [-0.05, 0) is 37.3 Å². The normalized spacial score (nSPS) is 19.2. The third-order valence-electron chi connectivity index (χ3n) is 5.09. The Morgan fingerprint density at radius 3 is 2.81 bits per heavy atom. The summed E-state index contributed by atoms with van der Waals surface area (Å²) in [5.41, 5.74) is 2.20. The highest BCUT2D eigenvalue weighted by molar-refractivity contribution is 5.95. The monoisotopic (exact) mass is 359 g/mol. The first-order valence-electron chi connectivity index (χ1n) is 9.20. The fourth-order valence-electron chi connectivity index (χ4n) is 3.64. The predicted octanol–water partition coefficient (Wildman–Crippen LogP) is 1.86. The number of aliphatic carboxylic acids is 1. The molecule has 1 atom stereocenters. The van der Waals surface area contributed by atoms with Crippen molar-refractivity contribution in [1.82, 2.24) is 10.2 Å². The molecule has 3 amide bonds. The standard InChI is InChI=1S/C19H25N3O4/c23-17(22-12-9-14-5-1-2-7-16(14)22)8-3-10-20-19(26)21-11-4-6-15(13-21)18(24)25/h1-2,5,7,15H,3-4,6,8-13H2,(H,20,26)(H,24,25). The second kappa shape index (κ2) is 8.21. The molecule has 1 unspecified atom stereocenters. The summed E-state index contributed by atoms with van der Waals surface area (Å²) in [6.45, 7) is 1.97. The Labute approximate surface area is 153 Å². The maximum atomic E-state index is 12.4. The number of carboxylic acids is 1. The molecule has 26 heavy (non-hydrogen) atoms. The Kier molecular flexibility index (Phi) is 5.75. The van der Waals surface area contributed by atoms with Gasteiger partial charge in [-0.1, -0.05) is 18.2 Å². The lowest BCUT2D eigenvalue weighted by atomic mass is 9.99. The van der Waals surface area contributed by atoms with Crippen LogP contribution in [0, 0.1) is 5.92 Å². The average molecular weight is 359 g/mol. The fourth-order valence-corrected chi connectivity index (χ4v) is 3.64. The van der Waals surface area contributed by atoms with E-state index in [-0.39, 0.29) is 18.5 Å². The number of nitrogens with zero attached hydrogens (tertiary/aromatic N) is 2. The van der Waals surface area contributed by atoms with Crippen molar-refractivity contribution in [2.75, 3.05) is 31.1 Å². The van der Waals surface area contributed by atoms with Crippen molar-refractivity contribution >= 4 is 23.6 Å². The summed E-state index contributed by atoms with van der Waals surface area (Å²) in [4.78, 5) is 39.0. The van der Waals surface area contributed by atoms with E-state index in [9.17, 15) is 14.4 Å². The molecule has 2 N–H and O–H groups in total. The molecule has 2 heterocycles. The summed E-state index contributed by atoms with van der Waals surface area (Å²) in [7, 11) is 0. The molecule has 0 saturated carbocycles. The number of benzene rings is 1. The summed E-state index contributed by atoms with van der Waals surface area (Å²) in [6, 6.07) is 7.70. The van der Waals surface area contributed by atoms with Gasteiger partial charge in [0.15, 0.2) is 0 Å². The van der Waals surface area contributed by atoms with Crippen molar-refractivity contribution in [3.05, 3.63) is 29.8 Å². The molecule has 2 aliphatic heterocycles. The number of anilines is 1. The summed E-state index contributed by atoms with van der Waals surface area (Å²) in [5, 5.41) is 11.9. The van der Waals surface area contributed by atoms with Crippen molar-refractivity contribution in [3.8, 4) is 0 Å². The van der Waals surface area contributed by atoms with Gasteiger partial charge in [0.2, 0.25) is 5.91 Å². The maximum absolute atomic E-state index is 12.4. The van der Waals surface area contributed by atoms with Crippen LogP contribution in [0.15, 0.2) is 24.3 Å². The number of fused-ring (bicyclic) bond motifs is 1. The quantitative estimate of drug-likeness (QED) is 0.785. The van der Waals surface area contributed by atoms with Crippen LogP contribution < -0.4 is 10.2 Å². The van der Waals surface area contributed by atoms with E-state index in [4.69, 9.17) is 5.11 Å². The molecule has 1 aromatic carbocycles. The number of carbonyl (C=O) groups is 3. The lowest BCUT2D eigenvalue weighted by molar-refractivity contribution is -0.143. The molecule has 2 aliphatic rings. The van der Waals surface area contributed by atoms with E-state index in [0.29, 0.717) is 38.8 Å². The number of carboxylic acid groups (broad SMARTS) is 1. The minimum Gasteiger partial charge on any atom is -0.481 e. The number of carbonyl (C=O) groups excluding carboxylic acids is 2. The highest BCUT2D eigenvalue weighted by Crippen LogP contribution is 2.28. The van der Waals surface area contributed by atoms with Crippen LogP contribution in [0.3, 0.4) is 0 Å². The lowest BCUT2D eigenvalue weighted by Crippen LogP contribution is -2.47. The van der Waals surface area contributed by atoms with E-state index in [1.54, 1.807) is 4.90 Å². The second-order valence-electron chi connectivity index (χ2n) is 6.88. The zero-order valence-corrected chi connectivity index (χ0v) is 14.8. The van der Waals surface area contributed by atoms with Gasteiger partial charge < -0.3 is 20.2 Å². The van der Waals surface area contributed by atoms with Gasteiger partial charge in [-0.25, -0.2) is 4.79 Å². The highest BCUT2D eigenvalue weighted by Gasteiger charge is 2.28. The van der Waals surface area contributed by atoms with Gasteiger partial charge >= 0.3 is 12.0 Å². The van der Waals surface area contributed by atoms with Gasteiger partial charge in [0, 0.05) is 38.3 Å². The summed E-state index contributed by atoms with van der Waals surface area (Å²) in [6.07, 6.45) is 3.16. The first-order chi connectivity index (χ1) is 12.6. The molecule has 0 spiro atoms. The number of likely N-dealkylation sites (tertiary alicyclic amines) is 1. The second-order valence-corrected chi connectivity index (χ2v) is 6.88. The molecule has 0 radical (unpaired) electrons. The average Bonchev–Trinajstić information content (AvgIpc) is 3.09. The van der Waals surface area contributed by atoms with Crippen molar-refractivity contribution in [2.45, 2.75) is 32.1 Å². The minimum absolute atomic E-state index is 0.0770. The number of nitrogens with one attached hydrogen (secondary N) is 1. The molecule has 0 aromatic heterocycles. The van der Waals surface area contributed by atoms with Crippen LogP contribution in [0.25, 0.3) is 0 Å². The van der Waals surface area contributed by atoms with E-state index < -0.39 is 11.9 Å². The van der Waals surface area contributed by atoms with E-state index in [2.05, 4.69) is 5.32 Å². The SMILES string of the molecule is O=C(O)C1CCCN(C(=O)NCCCC(=O)N2CCc3ccccc32)C1. The van der Waals surface area contributed by atoms with Crippen LogP contribution in [-0.4, -0.2) is 54.1 Å². The zero-order chi connectivity index (χ0) is 18.5. The first kappa shape index (κ1) is 18.2. The van der Waals surface area contributed by atoms with Crippen molar-refractivity contribution < 1.29 is 19.5 Å². The molecule has 140 valence electrons. The predicted molar refractivity (Wildman–Crippen MR) is 97.1 cm³/mol. The largest absolute Gasteiger partial charge is 0.481 e. The first-order valence-corrected chi connectivity index (χ1v) is 9.20. The van der Waals surface area contributed by atoms with Gasteiger partial charge in [0.1, 0.15) is 0 Å². The van der Waals surface area contributed by atoms with Crippen LogP contribution in [0.4, 0.5) is 10.5 Å². The Balaban J connectivity index is 1.40. The van der Waals surface area contributed by atoms with Gasteiger partial charge in [0.05, 0.1) is 5.92 Å². The van der Waals surface area contributed by atoms with Crippen LogP contribution in [0.2, 0.25) is 0 Å². The Morgan fingerprint density at radius 2 is 2.00 bits per heavy atom. The molecular weight excluding hydrogens is 334 g/mol. The number of rotatable bonds is 5. The van der Waals surface area contributed by atoms with Crippen molar-refractivity contribution in [2.24, 2.45) is 5.92 Å². The summed E-state index contributed by atoms with van der Waals surface area (Å²) >= 11 is 0. The van der Waals surface area contributed by atoms with E-state index >= 15 is 0 Å². The van der Waals surface area contributed by atoms with Crippen LogP contribution in [0.5, 0.6) is 0 Å². The van der Waals surface area contributed by atoms with Crippen LogP contribution in [0.1, 0.15) is 31.2 Å². The fraction of sp³-hybridized carbons (Fsp3) is 0.526. The minimum atomic E-state index is -0.848.